The maximum absolute atomic E-state index is 12.8. The van der Waals surface area contributed by atoms with Crippen LogP contribution in [0.2, 0.25) is 0 Å². The van der Waals surface area contributed by atoms with Crippen LogP contribution in [0.3, 0.4) is 0 Å². The molecule has 0 atom stereocenters. The van der Waals surface area contributed by atoms with Crippen molar-refractivity contribution in [2.75, 3.05) is 33.3 Å². The lowest BCUT2D eigenvalue weighted by molar-refractivity contribution is 0.0493. The van der Waals surface area contributed by atoms with Crippen molar-refractivity contribution >= 4 is 21.8 Å². The van der Waals surface area contributed by atoms with Crippen LogP contribution in [0.5, 0.6) is 5.75 Å². The first-order valence-electron chi connectivity index (χ1n) is 7.97. The summed E-state index contributed by atoms with van der Waals surface area (Å²) in [5.41, 5.74) is 1.12. The summed E-state index contributed by atoms with van der Waals surface area (Å²) in [6.45, 7) is 3.96. The van der Waals surface area contributed by atoms with Crippen molar-refractivity contribution in [1.29, 1.82) is 0 Å². The Morgan fingerprint density at radius 2 is 1.91 bits per heavy atom. The molecule has 0 aliphatic carbocycles. The summed E-state index contributed by atoms with van der Waals surface area (Å²) in [4.78, 5) is 14.8. The second-order valence-corrected chi connectivity index (χ2v) is 7.30. The third kappa shape index (κ3) is 3.15. The van der Waals surface area contributed by atoms with E-state index < -0.39 is 0 Å². The molecule has 3 rings (SSSR count). The zero-order valence-electron chi connectivity index (χ0n) is 13.0. The third-order valence-electron chi connectivity index (χ3n) is 5.17. The van der Waals surface area contributed by atoms with Gasteiger partial charge in [0, 0.05) is 17.6 Å². The van der Waals surface area contributed by atoms with Gasteiger partial charge in [0.2, 0.25) is 0 Å². The van der Waals surface area contributed by atoms with Gasteiger partial charge in [0.1, 0.15) is 5.75 Å². The number of piperidine rings is 2. The molecule has 0 unspecified atom stereocenters. The summed E-state index contributed by atoms with van der Waals surface area (Å²) >= 11 is 3.42. The van der Waals surface area contributed by atoms with E-state index in [0.29, 0.717) is 16.7 Å². The lowest BCUT2D eigenvalue weighted by atomic mass is 9.71. The van der Waals surface area contributed by atoms with Crippen molar-refractivity contribution in [3.63, 3.8) is 0 Å². The van der Waals surface area contributed by atoms with Crippen LogP contribution in [-0.2, 0) is 0 Å². The number of ether oxygens (including phenoxy) is 1. The minimum atomic E-state index is 0.0909. The normalized spacial score (nSPS) is 20.9. The molecule has 1 spiro atoms. The number of nitrogens with one attached hydrogen (secondary N) is 1. The van der Waals surface area contributed by atoms with Gasteiger partial charge in [-0.3, -0.25) is 4.79 Å². The van der Waals surface area contributed by atoms with Crippen LogP contribution in [0.15, 0.2) is 22.7 Å². The molecule has 2 aliphatic heterocycles. The summed E-state index contributed by atoms with van der Waals surface area (Å²) in [5.74, 6) is 0.731. The Bertz CT molecular complexity index is 546. The summed E-state index contributed by atoms with van der Waals surface area (Å²) in [7, 11) is 1.61. The zero-order chi connectivity index (χ0) is 15.6. The summed E-state index contributed by atoms with van der Waals surface area (Å²) in [6, 6.07) is 5.60. The Hall–Kier alpha value is -1.07. The molecule has 0 aromatic heterocycles. The van der Waals surface area contributed by atoms with E-state index >= 15 is 0 Å². The number of carbonyl (C=O) groups is 1. The minimum Gasteiger partial charge on any atom is -0.496 e. The first-order chi connectivity index (χ1) is 10.6. The van der Waals surface area contributed by atoms with Gasteiger partial charge in [-0.05, 0) is 62.4 Å². The van der Waals surface area contributed by atoms with E-state index in [0.717, 1.165) is 43.5 Å². The van der Waals surface area contributed by atoms with Crippen LogP contribution in [-0.4, -0.2) is 44.1 Å². The highest BCUT2D eigenvalue weighted by molar-refractivity contribution is 9.10. The lowest BCUT2D eigenvalue weighted by Gasteiger charge is -2.44. The van der Waals surface area contributed by atoms with Crippen LogP contribution in [0.4, 0.5) is 0 Å². The Labute approximate surface area is 140 Å². The molecule has 0 bridgehead atoms. The summed E-state index contributed by atoms with van der Waals surface area (Å²) in [6.07, 6.45) is 4.74. The molecule has 2 saturated heterocycles. The van der Waals surface area contributed by atoms with E-state index in [1.54, 1.807) is 7.11 Å². The number of methoxy groups -OCH3 is 1. The fourth-order valence-electron chi connectivity index (χ4n) is 3.65. The molecule has 0 radical (unpaired) electrons. The SMILES string of the molecule is COc1cc(Br)ccc1C(=O)N1CCC2(CCNCC2)CC1. The van der Waals surface area contributed by atoms with E-state index in [4.69, 9.17) is 4.74 Å². The molecule has 1 N–H and O–H groups in total. The second kappa shape index (κ2) is 6.59. The molecule has 1 amide bonds. The van der Waals surface area contributed by atoms with Crippen molar-refractivity contribution in [2.24, 2.45) is 5.41 Å². The molecular formula is C17H23BrN2O2. The first kappa shape index (κ1) is 15.8. The molecule has 1 aromatic rings. The van der Waals surface area contributed by atoms with Crippen LogP contribution >= 0.6 is 15.9 Å². The number of hydrogen-bond acceptors (Lipinski definition) is 3. The number of rotatable bonds is 2. The highest BCUT2D eigenvalue weighted by Gasteiger charge is 2.37. The molecule has 4 nitrogen and oxygen atoms in total. The molecule has 5 heteroatoms. The van der Waals surface area contributed by atoms with Crippen LogP contribution < -0.4 is 10.1 Å². The molecule has 120 valence electrons. The van der Waals surface area contributed by atoms with Crippen molar-refractivity contribution in [3.8, 4) is 5.75 Å². The van der Waals surface area contributed by atoms with Gasteiger partial charge >= 0.3 is 0 Å². The zero-order valence-corrected chi connectivity index (χ0v) is 14.6. The third-order valence-corrected chi connectivity index (χ3v) is 5.66. The minimum absolute atomic E-state index is 0.0909. The maximum Gasteiger partial charge on any atom is 0.257 e. The fourth-order valence-corrected chi connectivity index (χ4v) is 3.99. The first-order valence-corrected chi connectivity index (χ1v) is 8.76. The summed E-state index contributed by atoms with van der Waals surface area (Å²) < 4.78 is 6.29. The number of benzene rings is 1. The van der Waals surface area contributed by atoms with Gasteiger partial charge in [-0.1, -0.05) is 15.9 Å². The predicted octanol–water partition coefficient (Wildman–Crippen LogP) is 3.06. The van der Waals surface area contributed by atoms with Crippen molar-refractivity contribution in [2.45, 2.75) is 25.7 Å². The Kier molecular flexibility index (Phi) is 4.73. The number of carbonyl (C=O) groups excluding carboxylic acids is 1. The van der Waals surface area contributed by atoms with Crippen LogP contribution in [0.25, 0.3) is 0 Å². The van der Waals surface area contributed by atoms with Crippen molar-refractivity contribution in [3.05, 3.63) is 28.2 Å². The lowest BCUT2D eigenvalue weighted by Crippen LogP contribution is -2.47. The largest absolute Gasteiger partial charge is 0.496 e. The number of halogens is 1. The Morgan fingerprint density at radius 3 is 2.55 bits per heavy atom. The van der Waals surface area contributed by atoms with Gasteiger partial charge < -0.3 is 15.0 Å². The van der Waals surface area contributed by atoms with Crippen LogP contribution in [0.1, 0.15) is 36.0 Å². The molecule has 2 heterocycles. The number of hydrogen-bond donors (Lipinski definition) is 1. The van der Waals surface area contributed by atoms with Crippen molar-refractivity contribution < 1.29 is 9.53 Å². The van der Waals surface area contributed by atoms with Crippen molar-refractivity contribution in [1.82, 2.24) is 10.2 Å². The Morgan fingerprint density at radius 1 is 1.23 bits per heavy atom. The van der Waals surface area contributed by atoms with Gasteiger partial charge in [-0.25, -0.2) is 0 Å². The molecule has 2 aliphatic rings. The molecular weight excluding hydrogens is 344 g/mol. The quantitative estimate of drug-likeness (QED) is 0.874. The summed E-state index contributed by atoms with van der Waals surface area (Å²) in [5, 5.41) is 3.43. The molecule has 22 heavy (non-hydrogen) atoms. The smallest absolute Gasteiger partial charge is 0.257 e. The number of likely N-dealkylation sites (tertiary alicyclic amines) is 1. The highest BCUT2D eigenvalue weighted by atomic mass is 79.9. The standard InChI is InChI=1S/C17H23BrN2O2/c1-22-15-12-13(18)2-3-14(15)16(21)20-10-6-17(7-11-20)4-8-19-9-5-17/h2-3,12,19H,4-11H2,1H3. The van der Waals surface area contributed by atoms with Gasteiger partial charge in [-0.15, -0.1) is 0 Å². The van der Waals surface area contributed by atoms with E-state index in [2.05, 4.69) is 21.2 Å². The average molecular weight is 367 g/mol. The maximum atomic E-state index is 12.8. The van der Waals surface area contributed by atoms with Crippen LogP contribution in [0, 0.1) is 5.41 Å². The van der Waals surface area contributed by atoms with Gasteiger partial charge in [0.05, 0.1) is 12.7 Å². The van der Waals surface area contributed by atoms with E-state index in [1.807, 2.05) is 23.1 Å². The predicted molar refractivity (Wildman–Crippen MR) is 90.4 cm³/mol. The second-order valence-electron chi connectivity index (χ2n) is 6.39. The highest BCUT2D eigenvalue weighted by Crippen LogP contribution is 2.40. The van der Waals surface area contributed by atoms with E-state index in [9.17, 15) is 4.79 Å². The molecule has 0 saturated carbocycles. The molecule has 2 fully saturated rings. The van der Waals surface area contributed by atoms with E-state index in [-0.39, 0.29) is 5.91 Å². The number of nitrogens with zero attached hydrogens (tertiary/aromatic N) is 1. The van der Waals surface area contributed by atoms with Gasteiger partial charge in [-0.2, -0.15) is 0 Å². The molecule has 1 aromatic carbocycles. The Balaban J connectivity index is 1.69. The monoisotopic (exact) mass is 366 g/mol. The van der Waals surface area contributed by atoms with Gasteiger partial charge in [0.25, 0.3) is 5.91 Å². The average Bonchev–Trinajstić information content (AvgIpc) is 2.55. The fraction of sp³-hybridized carbons (Fsp3) is 0.588. The van der Waals surface area contributed by atoms with E-state index in [1.165, 1.54) is 12.8 Å². The van der Waals surface area contributed by atoms with Gasteiger partial charge in [0.15, 0.2) is 0 Å². The topological polar surface area (TPSA) is 41.6 Å². The number of amides is 1.